The van der Waals surface area contributed by atoms with Gasteiger partial charge in [0, 0.05) is 10.6 Å². The van der Waals surface area contributed by atoms with E-state index in [4.69, 9.17) is 23.2 Å². The topological polar surface area (TPSA) is 12.0 Å². The van der Waals surface area contributed by atoms with E-state index >= 15 is 0 Å². The summed E-state index contributed by atoms with van der Waals surface area (Å²) in [7, 11) is 0. The summed E-state index contributed by atoms with van der Waals surface area (Å²) >= 11 is 11.9. The highest BCUT2D eigenvalue weighted by Crippen LogP contribution is 2.35. The van der Waals surface area contributed by atoms with E-state index in [0.29, 0.717) is 5.56 Å². The Hall–Kier alpha value is -1.39. The van der Waals surface area contributed by atoms with Crippen LogP contribution in [0, 0.1) is 24.4 Å². The maximum atomic E-state index is 14.0. The molecule has 0 bridgehead atoms. The first-order valence-electron chi connectivity index (χ1n) is 6.17. The quantitative estimate of drug-likeness (QED) is 0.690. The highest BCUT2D eigenvalue weighted by Gasteiger charge is 2.20. The summed E-state index contributed by atoms with van der Waals surface area (Å²) in [4.78, 5) is 0. The Morgan fingerprint density at radius 2 is 1.62 bits per heavy atom. The molecule has 2 aromatic carbocycles. The van der Waals surface area contributed by atoms with Crippen molar-refractivity contribution < 1.29 is 13.2 Å². The van der Waals surface area contributed by atoms with Gasteiger partial charge in [0.05, 0.1) is 11.1 Å². The van der Waals surface area contributed by atoms with E-state index in [9.17, 15) is 13.2 Å². The molecule has 1 unspecified atom stereocenters. The summed E-state index contributed by atoms with van der Waals surface area (Å²) in [6.07, 6.45) is 0. The van der Waals surface area contributed by atoms with Crippen LogP contribution in [0.1, 0.15) is 24.1 Å². The number of benzene rings is 2. The molecular weight excluding hydrogens is 322 g/mol. The number of hydrogen-bond acceptors (Lipinski definition) is 1. The molecule has 2 aromatic rings. The van der Waals surface area contributed by atoms with Crippen molar-refractivity contribution in [2.45, 2.75) is 19.9 Å². The minimum Gasteiger partial charge on any atom is -0.374 e. The lowest BCUT2D eigenvalue weighted by atomic mass is 10.1. The average Bonchev–Trinajstić information content (AvgIpc) is 2.44. The molecule has 6 heteroatoms. The van der Waals surface area contributed by atoms with Crippen LogP contribution in [0.5, 0.6) is 0 Å². The molecule has 0 saturated heterocycles. The first kappa shape index (κ1) is 16.0. The Kier molecular flexibility index (Phi) is 4.69. The van der Waals surface area contributed by atoms with Crippen molar-refractivity contribution in [1.29, 1.82) is 0 Å². The predicted molar refractivity (Wildman–Crippen MR) is 79.6 cm³/mol. The van der Waals surface area contributed by atoms with Crippen LogP contribution in [0.15, 0.2) is 24.3 Å². The zero-order valence-electron chi connectivity index (χ0n) is 11.3. The summed E-state index contributed by atoms with van der Waals surface area (Å²) < 4.78 is 41.2. The molecule has 1 N–H and O–H groups in total. The fourth-order valence-corrected chi connectivity index (χ4v) is 2.72. The highest BCUT2D eigenvalue weighted by molar-refractivity contribution is 6.36. The number of aryl methyl sites for hydroxylation is 1. The summed E-state index contributed by atoms with van der Waals surface area (Å²) in [5, 5.41) is 2.71. The number of anilines is 1. The Labute approximate surface area is 130 Å². The van der Waals surface area contributed by atoms with E-state index in [1.807, 2.05) is 0 Å². The molecule has 0 saturated carbocycles. The third-order valence-electron chi connectivity index (χ3n) is 3.16. The predicted octanol–water partition coefficient (Wildman–Crippen LogP) is 5.89. The molecule has 2 rings (SSSR count). The van der Waals surface area contributed by atoms with Crippen LogP contribution in [0.2, 0.25) is 10.0 Å². The third kappa shape index (κ3) is 3.11. The molecule has 0 spiro atoms. The van der Waals surface area contributed by atoms with Gasteiger partial charge in [-0.2, -0.15) is 0 Å². The van der Waals surface area contributed by atoms with E-state index < -0.39 is 23.5 Å². The van der Waals surface area contributed by atoms with Gasteiger partial charge in [0.1, 0.15) is 17.3 Å². The molecule has 0 fully saturated rings. The average molecular weight is 334 g/mol. The van der Waals surface area contributed by atoms with Gasteiger partial charge in [-0.25, -0.2) is 13.2 Å². The first-order chi connectivity index (χ1) is 9.82. The molecule has 0 aromatic heterocycles. The van der Waals surface area contributed by atoms with Crippen LogP contribution in [-0.4, -0.2) is 0 Å². The van der Waals surface area contributed by atoms with Crippen molar-refractivity contribution in [3.8, 4) is 0 Å². The van der Waals surface area contributed by atoms with E-state index in [1.54, 1.807) is 6.92 Å². The fourth-order valence-electron chi connectivity index (χ4n) is 2.02. The normalized spacial score (nSPS) is 12.3. The van der Waals surface area contributed by atoms with Crippen molar-refractivity contribution in [3.63, 3.8) is 0 Å². The van der Waals surface area contributed by atoms with Crippen LogP contribution < -0.4 is 5.32 Å². The van der Waals surface area contributed by atoms with Gasteiger partial charge in [-0.15, -0.1) is 0 Å². The Balaban J connectivity index is 2.42. The van der Waals surface area contributed by atoms with Crippen LogP contribution >= 0.6 is 23.2 Å². The van der Waals surface area contributed by atoms with Crippen molar-refractivity contribution in [2.24, 2.45) is 0 Å². The Morgan fingerprint density at radius 3 is 2.29 bits per heavy atom. The molecule has 0 aliphatic heterocycles. The molecule has 1 nitrogen and oxygen atoms in total. The lowest BCUT2D eigenvalue weighted by Crippen LogP contribution is -2.12. The molecule has 0 radical (unpaired) electrons. The Morgan fingerprint density at radius 1 is 1.00 bits per heavy atom. The van der Waals surface area contributed by atoms with Crippen LogP contribution in [-0.2, 0) is 0 Å². The van der Waals surface area contributed by atoms with Gasteiger partial charge in [0.2, 0.25) is 0 Å². The van der Waals surface area contributed by atoms with Crippen molar-refractivity contribution >= 4 is 28.9 Å². The van der Waals surface area contributed by atoms with Crippen LogP contribution in [0.4, 0.5) is 18.9 Å². The molecule has 0 aliphatic carbocycles. The van der Waals surface area contributed by atoms with E-state index in [2.05, 4.69) is 5.32 Å². The van der Waals surface area contributed by atoms with Gasteiger partial charge in [-0.05, 0) is 37.6 Å². The van der Waals surface area contributed by atoms with E-state index in [-0.39, 0.29) is 21.3 Å². The molecule has 1 atom stereocenters. The standard InChI is InChI=1S/C15H12Cl2F3N/c1-7-3-5-11(19)15(14(7)20)21-8(2)12-9(16)4-6-10(18)13(12)17/h3-6,8,21H,1-2H3. The number of halogens is 5. The van der Waals surface area contributed by atoms with Gasteiger partial charge in [-0.1, -0.05) is 29.3 Å². The number of nitrogens with one attached hydrogen (secondary N) is 1. The van der Waals surface area contributed by atoms with Gasteiger partial charge in [0.15, 0.2) is 5.82 Å². The molecule has 21 heavy (non-hydrogen) atoms. The number of rotatable bonds is 3. The minimum absolute atomic E-state index is 0.170. The second-order valence-corrected chi connectivity index (χ2v) is 5.46. The second kappa shape index (κ2) is 6.16. The molecule has 112 valence electrons. The summed E-state index contributed by atoms with van der Waals surface area (Å²) in [5.41, 5.74) is 0.250. The summed E-state index contributed by atoms with van der Waals surface area (Å²) in [6, 6.07) is 4.30. The smallest absolute Gasteiger partial charge is 0.152 e. The van der Waals surface area contributed by atoms with Gasteiger partial charge >= 0.3 is 0 Å². The number of hydrogen-bond donors (Lipinski definition) is 1. The van der Waals surface area contributed by atoms with Crippen molar-refractivity contribution in [1.82, 2.24) is 0 Å². The summed E-state index contributed by atoms with van der Waals surface area (Å²) in [5.74, 6) is -2.09. The minimum atomic E-state index is -0.742. The van der Waals surface area contributed by atoms with Crippen molar-refractivity contribution in [2.75, 3.05) is 5.32 Å². The highest BCUT2D eigenvalue weighted by atomic mass is 35.5. The van der Waals surface area contributed by atoms with E-state index in [1.165, 1.54) is 19.1 Å². The third-order valence-corrected chi connectivity index (χ3v) is 3.87. The molecular formula is C15H12Cl2F3N. The lowest BCUT2D eigenvalue weighted by Gasteiger charge is -2.20. The van der Waals surface area contributed by atoms with Crippen molar-refractivity contribution in [3.05, 3.63) is 62.9 Å². The largest absolute Gasteiger partial charge is 0.374 e. The zero-order valence-corrected chi connectivity index (χ0v) is 12.8. The molecule has 0 amide bonds. The summed E-state index contributed by atoms with van der Waals surface area (Å²) in [6.45, 7) is 3.11. The first-order valence-corrected chi connectivity index (χ1v) is 6.93. The van der Waals surface area contributed by atoms with Gasteiger partial charge < -0.3 is 5.32 Å². The van der Waals surface area contributed by atoms with Gasteiger partial charge in [-0.3, -0.25) is 0 Å². The van der Waals surface area contributed by atoms with Crippen LogP contribution in [0.3, 0.4) is 0 Å². The SMILES string of the molecule is Cc1ccc(F)c(NC(C)c2c(Cl)ccc(F)c2Cl)c1F. The van der Waals surface area contributed by atoms with E-state index in [0.717, 1.165) is 12.1 Å². The maximum Gasteiger partial charge on any atom is 0.152 e. The monoisotopic (exact) mass is 333 g/mol. The zero-order chi connectivity index (χ0) is 15.7. The fraction of sp³-hybridized carbons (Fsp3) is 0.200. The van der Waals surface area contributed by atoms with Gasteiger partial charge in [0.25, 0.3) is 0 Å². The Bertz CT molecular complexity index is 689. The molecule has 0 aliphatic rings. The second-order valence-electron chi connectivity index (χ2n) is 4.68. The maximum absolute atomic E-state index is 14.0. The molecule has 0 heterocycles. The van der Waals surface area contributed by atoms with Crippen LogP contribution in [0.25, 0.3) is 0 Å². The lowest BCUT2D eigenvalue weighted by molar-refractivity contribution is 0.578.